The van der Waals surface area contributed by atoms with Gasteiger partial charge in [0.25, 0.3) is 5.92 Å². The highest BCUT2D eigenvalue weighted by Gasteiger charge is 2.41. The van der Waals surface area contributed by atoms with Gasteiger partial charge in [0.05, 0.1) is 6.54 Å². The van der Waals surface area contributed by atoms with Crippen molar-refractivity contribution in [1.82, 2.24) is 5.32 Å². The summed E-state index contributed by atoms with van der Waals surface area (Å²) in [6.45, 7) is -0.0368. The van der Waals surface area contributed by atoms with E-state index in [-0.39, 0.29) is 6.42 Å². The van der Waals surface area contributed by atoms with E-state index in [0.717, 1.165) is 0 Å². The molecule has 1 saturated heterocycles. The van der Waals surface area contributed by atoms with Gasteiger partial charge in [-0.15, -0.1) is 0 Å². The molecule has 1 N–H and O–H groups in total. The Kier molecular flexibility index (Phi) is 1.68. The fraction of sp³-hybridized carbons (Fsp3) is 1.00. The molecule has 53 valence electrons. The highest BCUT2D eigenvalue weighted by molar-refractivity contribution is 4.83. The molecule has 0 amide bonds. The van der Waals surface area contributed by atoms with E-state index >= 15 is 0 Å². The van der Waals surface area contributed by atoms with Gasteiger partial charge in [0.2, 0.25) is 0 Å². The van der Waals surface area contributed by atoms with Crippen LogP contribution in [-0.4, -0.2) is 25.1 Å². The van der Waals surface area contributed by atoms with Crippen LogP contribution >= 0.6 is 0 Å². The van der Waals surface area contributed by atoms with E-state index in [1.54, 1.807) is 0 Å². The predicted molar refractivity (Wildman–Crippen MR) is 26.9 cm³/mol. The van der Waals surface area contributed by atoms with Crippen molar-refractivity contribution in [3.63, 3.8) is 0 Å². The van der Waals surface area contributed by atoms with E-state index in [1.807, 2.05) is 0 Å². The fourth-order valence-electron chi connectivity index (χ4n) is 0.813. The lowest BCUT2D eigenvalue weighted by Crippen LogP contribution is -2.48. The molecule has 1 rings (SSSR count). The Morgan fingerprint density at radius 2 is 2.22 bits per heavy atom. The molecular weight excluding hydrogens is 128 g/mol. The van der Waals surface area contributed by atoms with Crippen LogP contribution in [0.4, 0.5) is 8.78 Å². The molecule has 1 atom stereocenters. The summed E-state index contributed by atoms with van der Waals surface area (Å²) in [5.74, 6) is -3.03. The van der Waals surface area contributed by atoms with Crippen molar-refractivity contribution in [1.29, 1.82) is 0 Å². The zero-order chi connectivity index (χ0) is 6.91. The lowest BCUT2D eigenvalue weighted by Gasteiger charge is -2.25. The predicted octanol–water partition coefficient (Wildman–Crippen LogP) is 0.414. The highest BCUT2D eigenvalue weighted by Crippen LogP contribution is 2.22. The summed E-state index contributed by atoms with van der Waals surface area (Å²) in [4.78, 5) is 0. The Morgan fingerprint density at radius 3 is 2.56 bits per heavy atom. The largest absolute Gasteiger partial charge is 0.311 e. The van der Waals surface area contributed by atoms with Gasteiger partial charge < -0.3 is 5.32 Å². The third-order valence-electron chi connectivity index (χ3n) is 1.42. The zero-order valence-electron chi connectivity index (χ0n) is 4.86. The maximum absolute atomic E-state index is 12.2. The topological polar surface area (TPSA) is 31.9 Å². The summed E-state index contributed by atoms with van der Waals surface area (Å²) in [7, 11) is 0. The molecule has 1 fully saturated rings. The number of hydrogen-bond acceptors (Lipinski definition) is 1. The van der Waals surface area contributed by atoms with Crippen LogP contribution in [0.2, 0.25) is 0 Å². The molecule has 1 heterocycles. The maximum atomic E-state index is 12.2. The van der Waals surface area contributed by atoms with E-state index in [4.69, 9.17) is 0 Å². The van der Waals surface area contributed by atoms with Gasteiger partial charge >= 0.3 is 0 Å². The molecule has 0 bridgehead atoms. The van der Waals surface area contributed by atoms with Crippen molar-refractivity contribution in [2.75, 3.05) is 13.1 Å². The summed E-state index contributed by atoms with van der Waals surface area (Å²) >= 11 is 0. The van der Waals surface area contributed by atoms with Crippen LogP contribution < -0.4 is 5.32 Å². The average Bonchev–Trinajstić information content (AvgIpc) is 1.77. The molecule has 0 saturated carbocycles. The number of rotatable bonds is 0. The standard InChI is InChI=1S/C5H8F2NO/c6-5(7)3-8-2-1-4(5)9/h4,8H,1-3H2. The van der Waals surface area contributed by atoms with E-state index in [9.17, 15) is 13.9 Å². The molecule has 0 aliphatic carbocycles. The molecule has 1 aliphatic rings. The minimum atomic E-state index is -3.03. The molecule has 0 aromatic heterocycles. The lowest BCUT2D eigenvalue weighted by atomic mass is 10.1. The first-order valence-corrected chi connectivity index (χ1v) is 2.87. The second kappa shape index (κ2) is 2.19. The van der Waals surface area contributed by atoms with Crippen molar-refractivity contribution in [3.8, 4) is 0 Å². The van der Waals surface area contributed by atoms with Crippen LogP contribution in [0, 0.1) is 0 Å². The summed E-state index contributed by atoms with van der Waals surface area (Å²) in [6.07, 6.45) is -1.66. The Labute approximate surface area is 51.9 Å². The van der Waals surface area contributed by atoms with Crippen LogP contribution in [0.25, 0.3) is 0 Å². The van der Waals surface area contributed by atoms with Crippen LogP contribution in [0.5, 0.6) is 0 Å². The molecule has 0 aromatic carbocycles. The van der Waals surface area contributed by atoms with Gasteiger partial charge in [0, 0.05) is 0 Å². The van der Waals surface area contributed by atoms with Crippen molar-refractivity contribution < 1.29 is 13.9 Å². The molecule has 1 unspecified atom stereocenters. The summed E-state index contributed by atoms with van der Waals surface area (Å²) in [5.41, 5.74) is 0. The van der Waals surface area contributed by atoms with Crippen LogP contribution in [0.3, 0.4) is 0 Å². The van der Waals surface area contributed by atoms with Gasteiger partial charge in [-0.05, 0) is 13.0 Å². The van der Waals surface area contributed by atoms with Crippen molar-refractivity contribution in [2.45, 2.75) is 18.4 Å². The molecular formula is C5H8F2NO. The molecule has 1 aliphatic heterocycles. The summed E-state index contributed by atoms with van der Waals surface area (Å²) < 4.78 is 24.4. The van der Waals surface area contributed by atoms with Crippen molar-refractivity contribution in [3.05, 3.63) is 0 Å². The van der Waals surface area contributed by atoms with E-state index < -0.39 is 18.6 Å². The van der Waals surface area contributed by atoms with Crippen molar-refractivity contribution >= 4 is 0 Å². The number of alkyl halides is 2. The first-order valence-electron chi connectivity index (χ1n) is 2.87. The average molecular weight is 136 g/mol. The van der Waals surface area contributed by atoms with E-state index in [0.29, 0.717) is 6.54 Å². The van der Waals surface area contributed by atoms with Gasteiger partial charge in [-0.3, -0.25) is 0 Å². The van der Waals surface area contributed by atoms with Gasteiger partial charge in [0.15, 0.2) is 6.10 Å². The quantitative estimate of drug-likeness (QED) is 0.514. The Morgan fingerprint density at radius 1 is 1.56 bits per heavy atom. The minimum Gasteiger partial charge on any atom is -0.311 e. The SMILES string of the molecule is [O]C1CCNCC1(F)F. The maximum Gasteiger partial charge on any atom is 0.289 e. The lowest BCUT2D eigenvalue weighted by molar-refractivity contribution is -0.147. The normalized spacial score (nSPS) is 34.3. The highest BCUT2D eigenvalue weighted by atomic mass is 19.3. The van der Waals surface area contributed by atoms with Gasteiger partial charge in [-0.2, -0.15) is 0 Å². The van der Waals surface area contributed by atoms with Gasteiger partial charge in [0.1, 0.15) is 0 Å². The summed E-state index contributed by atoms with van der Waals surface area (Å²) in [6, 6.07) is 0. The zero-order valence-corrected chi connectivity index (χ0v) is 4.86. The number of piperidine rings is 1. The number of hydrogen-bond donors (Lipinski definition) is 1. The molecule has 0 aromatic rings. The fourth-order valence-corrected chi connectivity index (χ4v) is 0.813. The Balaban J connectivity index is 2.49. The molecule has 9 heavy (non-hydrogen) atoms. The summed E-state index contributed by atoms with van der Waals surface area (Å²) in [5, 5.41) is 12.9. The Hall–Kier alpha value is -0.220. The first kappa shape index (κ1) is 6.89. The molecule has 0 spiro atoms. The third kappa shape index (κ3) is 1.37. The second-order valence-corrected chi connectivity index (χ2v) is 2.22. The minimum absolute atomic E-state index is 0.0347. The van der Waals surface area contributed by atoms with Crippen LogP contribution in [0.15, 0.2) is 0 Å². The molecule has 2 nitrogen and oxygen atoms in total. The van der Waals surface area contributed by atoms with Gasteiger partial charge in [-0.1, -0.05) is 0 Å². The second-order valence-electron chi connectivity index (χ2n) is 2.22. The number of nitrogens with one attached hydrogen (secondary N) is 1. The van der Waals surface area contributed by atoms with Crippen LogP contribution in [-0.2, 0) is 5.11 Å². The van der Waals surface area contributed by atoms with E-state index in [1.165, 1.54) is 0 Å². The van der Waals surface area contributed by atoms with Gasteiger partial charge in [-0.25, -0.2) is 13.9 Å². The smallest absolute Gasteiger partial charge is 0.289 e. The molecule has 4 heteroatoms. The van der Waals surface area contributed by atoms with Crippen LogP contribution in [0.1, 0.15) is 6.42 Å². The third-order valence-corrected chi connectivity index (χ3v) is 1.42. The van der Waals surface area contributed by atoms with Crippen molar-refractivity contribution in [2.24, 2.45) is 0 Å². The number of halogens is 2. The molecule has 1 radical (unpaired) electrons. The first-order chi connectivity index (χ1) is 4.13. The van der Waals surface area contributed by atoms with E-state index in [2.05, 4.69) is 5.32 Å². The monoisotopic (exact) mass is 136 g/mol. The Bertz CT molecular complexity index is 107.